The largest absolute Gasteiger partial charge is 0.481 e. The summed E-state index contributed by atoms with van der Waals surface area (Å²) in [6, 6.07) is 3.65. The van der Waals surface area contributed by atoms with E-state index in [1.165, 1.54) is 11.8 Å². The Hall–Kier alpha value is -3.16. The number of rotatable bonds is 15. The number of carboxylic acid groups (broad SMARTS) is 2. The van der Waals surface area contributed by atoms with Crippen LogP contribution in [0.1, 0.15) is 18.4 Å². The minimum absolute atomic E-state index is 0.173. The second-order valence-electron chi connectivity index (χ2n) is 7.38. The summed E-state index contributed by atoms with van der Waals surface area (Å²) >= 11 is 1.41. The molecule has 0 fully saturated rings. The molecule has 1 aromatic carbocycles. The highest BCUT2D eigenvalue weighted by atomic mass is 32.2. The summed E-state index contributed by atoms with van der Waals surface area (Å²) in [7, 11) is 0. The van der Waals surface area contributed by atoms with Gasteiger partial charge in [0.1, 0.15) is 18.1 Å². The second kappa shape index (κ2) is 14.9. The van der Waals surface area contributed by atoms with Crippen LogP contribution in [0.3, 0.4) is 0 Å². The molecule has 0 aliphatic rings. The monoisotopic (exact) mass is 498 g/mol. The zero-order chi connectivity index (χ0) is 25.7. The maximum absolute atomic E-state index is 12.8. The van der Waals surface area contributed by atoms with E-state index in [4.69, 9.17) is 21.1 Å². The number of carboxylic acids is 2. The topological polar surface area (TPSA) is 208 Å². The number of hydrogen-bond donors (Lipinski definition) is 7. The van der Waals surface area contributed by atoms with Crippen molar-refractivity contribution in [2.45, 2.75) is 43.4 Å². The third kappa shape index (κ3) is 10.2. The smallest absolute Gasteiger partial charge is 0.328 e. The summed E-state index contributed by atoms with van der Waals surface area (Å²) in [5.41, 5.74) is 6.79. The van der Waals surface area contributed by atoms with Gasteiger partial charge in [-0.15, -0.1) is 0 Å². The molecule has 0 saturated carbocycles. The van der Waals surface area contributed by atoms with E-state index in [2.05, 4.69) is 10.6 Å². The average Bonchev–Trinajstić information content (AvgIpc) is 2.79. The maximum Gasteiger partial charge on any atom is 0.328 e. The van der Waals surface area contributed by atoms with Gasteiger partial charge in [-0.1, -0.05) is 30.3 Å². The van der Waals surface area contributed by atoms with Gasteiger partial charge in [-0.3, -0.25) is 19.2 Å². The van der Waals surface area contributed by atoms with E-state index in [0.29, 0.717) is 5.75 Å². The Morgan fingerprint density at radius 1 is 0.912 bits per heavy atom. The van der Waals surface area contributed by atoms with Gasteiger partial charge < -0.3 is 37.0 Å². The fourth-order valence-electron chi connectivity index (χ4n) is 2.86. The molecule has 0 heterocycles. The van der Waals surface area contributed by atoms with Crippen molar-refractivity contribution in [1.29, 1.82) is 0 Å². The first-order valence-electron chi connectivity index (χ1n) is 10.3. The van der Waals surface area contributed by atoms with Gasteiger partial charge in [0.05, 0.1) is 19.1 Å². The van der Waals surface area contributed by atoms with Crippen LogP contribution in [0.5, 0.6) is 0 Å². The molecule has 1 rings (SSSR count). The lowest BCUT2D eigenvalue weighted by Crippen LogP contribution is -2.58. The van der Waals surface area contributed by atoms with Gasteiger partial charge in [0.15, 0.2) is 0 Å². The molecular weight excluding hydrogens is 468 g/mol. The summed E-state index contributed by atoms with van der Waals surface area (Å²) in [5, 5.41) is 33.9. The van der Waals surface area contributed by atoms with Crippen LogP contribution >= 0.6 is 11.8 Å². The molecule has 12 nitrogen and oxygen atoms in total. The number of aliphatic hydroxyl groups excluding tert-OH is 1. The minimum Gasteiger partial charge on any atom is -0.481 e. The van der Waals surface area contributed by atoms with Gasteiger partial charge in [-0.25, -0.2) is 4.79 Å². The zero-order valence-electron chi connectivity index (χ0n) is 18.6. The van der Waals surface area contributed by atoms with Crippen LogP contribution in [0.4, 0.5) is 0 Å². The number of hydrogen-bond acceptors (Lipinski definition) is 8. The van der Waals surface area contributed by atoms with Gasteiger partial charge >= 0.3 is 11.9 Å². The van der Waals surface area contributed by atoms with Crippen LogP contribution in [-0.4, -0.2) is 87.8 Å². The highest BCUT2D eigenvalue weighted by molar-refractivity contribution is 7.98. The van der Waals surface area contributed by atoms with Crippen LogP contribution in [0.25, 0.3) is 0 Å². The van der Waals surface area contributed by atoms with Gasteiger partial charge in [0.2, 0.25) is 17.7 Å². The average molecular weight is 499 g/mol. The first-order valence-corrected chi connectivity index (χ1v) is 11.7. The van der Waals surface area contributed by atoms with Crippen molar-refractivity contribution in [1.82, 2.24) is 16.0 Å². The highest BCUT2D eigenvalue weighted by Crippen LogP contribution is 2.06. The highest BCUT2D eigenvalue weighted by Gasteiger charge is 2.31. The Morgan fingerprint density at radius 3 is 2.00 bits per heavy atom. The first-order chi connectivity index (χ1) is 16.1. The van der Waals surface area contributed by atoms with E-state index < -0.39 is 66.9 Å². The molecule has 3 amide bonds. The third-order valence-electron chi connectivity index (χ3n) is 4.69. The van der Waals surface area contributed by atoms with Crippen molar-refractivity contribution in [3.63, 3.8) is 0 Å². The lowest BCUT2D eigenvalue weighted by atomic mass is 10.1. The first kappa shape index (κ1) is 28.9. The number of nitrogens with two attached hydrogens (primary N) is 1. The zero-order valence-corrected chi connectivity index (χ0v) is 19.4. The summed E-state index contributed by atoms with van der Waals surface area (Å²) in [4.78, 5) is 60.0. The molecule has 34 heavy (non-hydrogen) atoms. The van der Waals surface area contributed by atoms with Crippen molar-refractivity contribution >= 4 is 41.4 Å². The molecule has 0 aromatic heterocycles. The predicted octanol–water partition coefficient (Wildman–Crippen LogP) is -1.68. The molecule has 4 unspecified atom stereocenters. The van der Waals surface area contributed by atoms with Crippen molar-refractivity contribution in [2.24, 2.45) is 5.73 Å². The number of aliphatic carboxylic acids is 2. The van der Waals surface area contributed by atoms with Crippen LogP contribution in [-0.2, 0) is 30.4 Å². The summed E-state index contributed by atoms with van der Waals surface area (Å²) in [6.07, 6.45) is 1.35. The van der Waals surface area contributed by atoms with E-state index in [1.54, 1.807) is 30.5 Å². The Kier molecular flexibility index (Phi) is 12.6. The fourth-order valence-corrected chi connectivity index (χ4v) is 3.33. The number of benzene rings is 1. The Balaban J connectivity index is 2.91. The lowest BCUT2D eigenvalue weighted by Gasteiger charge is -2.24. The number of thioether (sulfide) groups is 1. The van der Waals surface area contributed by atoms with Gasteiger partial charge in [-0.2, -0.15) is 11.8 Å². The molecule has 8 N–H and O–H groups in total. The Bertz CT molecular complexity index is 854. The summed E-state index contributed by atoms with van der Waals surface area (Å²) in [5.74, 6) is -5.03. The van der Waals surface area contributed by atoms with Crippen molar-refractivity contribution < 1.29 is 39.3 Å². The van der Waals surface area contributed by atoms with E-state index in [9.17, 15) is 24.0 Å². The van der Waals surface area contributed by atoms with Gasteiger partial charge in [-0.05, 0) is 30.4 Å². The SMILES string of the molecule is CSCCC(NC(=O)C(N)Cc1ccccc1)C(=O)NC(CC(=O)O)C(=O)NC(CO)C(=O)O. The maximum atomic E-state index is 12.8. The van der Waals surface area contributed by atoms with E-state index in [-0.39, 0.29) is 12.8 Å². The Labute approximate surface area is 200 Å². The standard InChI is InChI=1S/C21H30N4O8S/c1-34-8-7-14(23-18(29)13(22)9-12-5-3-2-4-6-12)19(30)24-15(10-17(27)28)20(31)25-16(11-26)21(32)33/h2-6,13-16,26H,7-11,22H2,1H3,(H,23,29)(H,24,30)(H,25,31)(H,27,28)(H,32,33). The molecule has 1 aromatic rings. The van der Waals surface area contributed by atoms with Crippen LogP contribution in [0, 0.1) is 0 Å². The summed E-state index contributed by atoms with van der Waals surface area (Å²) in [6.45, 7) is -0.930. The van der Waals surface area contributed by atoms with Gasteiger partial charge in [0, 0.05) is 0 Å². The molecule has 0 radical (unpaired) electrons. The molecule has 0 spiro atoms. The fraction of sp³-hybridized carbons (Fsp3) is 0.476. The van der Waals surface area contributed by atoms with Crippen molar-refractivity contribution in [3.8, 4) is 0 Å². The quantitative estimate of drug-likeness (QED) is 0.146. The van der Waals surface area contributed by atoms with E-state index in [0.717, 1.165) is 5.56 Å². The third-order valence-corrected chi connectivity index (χ3v) is 5.33. The Morgan fingerprint density at radius 2 is 1.47 bits per heavy atom. The minimum atomic E-state index is -1.68. The molecule has 0 aliphatic carbocycles. The molecule has 188 valence electrons. The van der Waals surface area contributed by atoms with Crippen molar-refractivity contribution in [2.75, 3.05) is 18.6 Å². The molecule has 0 aliphatic heterocycles. The molecule has 13 heteroatoms. The van der Waals surface area contributed by atoms with Crippen LogP contribution in [0.2, 0.25) is 0 Å². The van der Waals surface area contributed by atoms with Crippen molar-refractivity contribution in [3.05, 3.63) is 35.9 Å². The number of amides is 3. The van der Waals surface area contributed by atoms with Crippen LogP contribution in [0.15, 0.2) is 30.3 Å². The molecular formula is C21H30N4O8S. The predicted molar refractivity (Wildman–Crippen MR) is 124 cm³/mol. The number of carbonyl (C=O) groups excluding carboxylic acids is 3. The van der Waals surface area contributed by atoms with Gasteiger partial charge in [0.25, 0.3) is 0 Å². The summed E-state index contributed by atoms with van der Waals surface area (Å²) < 4.78 is 0. The molecule has 0 bridgehead atoms. The number of carbonyl (C=O) groups is 5. The number of nitrogens with one attached hydrogen (secondary N) is 3. The number of aliphatic hydroxyl groups is 1. The molecule has 0 saturated heterocycles. The normalized spacial score (nSPS) is 14.2. The second-order valence-corrected chi connectivity index (χ2v) is 8.37. The van der Waals surface area contributed by atoms with E-state index >= 15 is 0 Å². The van der Waals surface area contributed by atoms with Crippen LogP contribution < -0.4 is 21.7 Å². The lowest BCUT2D eigenvalue weighted by molar-refractivity contribution is -0.144. The molecule has 4 atom stereocenters. The van der Waals surface area contributed by atoms with E-state index in [1.807, 2.05) is 11.4 Å².